The van der Waals surface area contributed by atoms with E-state index in [0.29, 0.717) is 5.69 Å². The van der Waals surface area contributed by atoms with Crippen molar-refractivity contribution in [2.75, 3.05) is 5.32 Å². The lowest BCUT2D eigenvalue weighted by Gasteiger charge is -2.19. The van der Waals surface area contributed by atoms with Gasteiger partial charge in [0, 0.05) is 11.6 Å². The summed E-state index contributed by atoms with van der Waals surface area (Å²) in [5, 5.41) is 2.75. The summed E-state index contributed by atoms with van der Waals surface area (Å²) in [7, 11) is 0. The van der Waals surface area contributed by atoms with E-state index in [-0.39, 0.29) is 18.2 Å². The van der Waals surface area contributed by atoms with Crippen molar-refractivity contribution in [1.29, 1.82) is 0 Å². The van der Waals surface area contributed by atoms with Crippen LogP contribution >= 0.6 is 0 Å². The molecule has 0 radical (unpaired) electrons. The number of nitrogens with one attached hydrogen (secondary N) is 1. The molecule has 0 bridgehead atoms. The van der Waals surface area contributed by atoms with Gasteiger partial charge in [-0.3, -0.25) is 9.59 Å². The molecule has 0 unspecified atom stereocenters. The van der Waals surface area contributed by atoms with Crippen LogP contribution in [-0.2, 0) is 14.3 Å². The van der Waals surface area contributed by atoms with Crippen LogP contribution in [0.15, 0.2) is 91.0 Å². The molecule has 0 saturated carbocycles. The Morgan fingerprint density at radius 1 is 0.786 bits per heavy atom. The van der Waals surface area contributed by atoms with Gasteiger partial charge in [-0.1, -0.05) is 78.9 Å². The molecule has 3 rings (SSSR count). The largest absolute Gasteiger partial charge is 0.453 e. The number of anilines is 1. The lowest BCUT2D eigenvalue weighted by molar-refractivity contribution is -0.153. The zero-order chi connectivity index (χ0) is 19.8. The van der Waals surface area contributed by atoms with E-state index >= 15 is 0 Å². The highest BCUT2D eigenvalue weighted by Crippen LogP contribution is 2.28. The van der Waals surface area contributed by atoms with Gasteiger partial charge in [-0.25, -0.2) is 0 Å². The molecule has 1 atom stereocenters. The molecule has 0 aliphatic rings. The predicted molar refractivity (Wildman–Crippen MR) is 110 cm³/mol. The Morgan fingerprint density at radius 2 is 1.25 bits per heavy atom. The number of carbonyl (C=O) groups is 2. The number of rotatable bonds is 7. The molecule has 1 amide bonds. The van der Waals surface area contributed by atoms with Gasteiger partial charge in [-0.15, -0.1) is 0 Å². The van der Waals surface area contributed by atoms with Crippen molar-refractivity contribution in [1.82, 2.24) is 0 Å². The summed E-state index contributed by atoms with van der Waals surface area (Å²) in [6.07, 6.45) is -0.711. The third-order valence-corrected chi connectivity index (χ3v) is 4.49. The van der Waals surface area contributed by atoms with E-state index in [2.05, 4.69) is 5.32 Å². The highest BCUT2D eigenvalue weighted by Gasteiger charge is 2.23. The molecule has 1 N–H and O–H groups in total. The van der Waals surface area contributed by atoms with Crippen LogP contribution in [0, 0.1) is 0 Å². The Balaban J connectivity index is 1.66. The normalized spacial score (nSPS) is 11.6. The molecule has 0 fully saturated rings. The van der Waals surface area contributed by atoms with Gasteiger partial charge < -0.3 is 10.1 Å². The Labute approximate surface area is 165 Å². The molecule has 0 heterocycles. The van der Waals surface area contributed by atoms with Gasteiger partial charge in [0.15, 0.2) is 6.10 Å². The zero-order valence-corrected chi connectivity index (χ0v) is 15.7. The molecule has 0 saturated heterocycles. The zero-order valence-electron chi connectivity index (χ0n) is 15.7. The highest BCUT2D eigenvalue weighted by atomic mass is 16.5. The summed E-state index contributed by atoms with van der Waals surface area (Å²) in [5.41, 5.74) is 2.74. The SMILES string of the molecule is C[C@@H](OC(=O)CC(c1ccccc1)c1ccccc1)C(=O)Nc1ccccc1. The summed E-state index contributed by atoms with van der Waals surface area (Å²) in [4.78, 5) is 24.9. The number of para-hydroxylation sites is 1. The van der Waals surface area contributed by atoms with Crippen LogP contribution in [0.1, 0.15) is 30.4 Å². The van der Waals surface area contributed by atoms with E-state index < -0.39 is 12.1 Å². The summed E-state index contributed by atoms with van der Waals surface area (Å²) >= 11 is 0. The highest BCUT2D eigenvalue weighted by molar-refractivity contribution is 5.95. The predicted octanol–water partition coefficient (Wildman–Crippen LogP) is 4.78. The first-order valence-electron chi connectivity index (χ1n) is 9.29. The summed E-state index contributed by atoms with van der Waals surface area (Å²) < 4.78 is 5.41. The molecule has 3 aromatic rings. The fourth-order valence-corrected chi connectivity index (χ4v) is 3.03. The van der Waals surface area contributed by atoms with Crippen LogP contribution in [-0.4, -0.2) is 18.0 Å². The third kappa shape index (κ3) is 5.30. The van der Waals surface area contributed by atoms with E-state index in [0.717, 1.165) is 11.1 Å². The van der Waals surface area contributed by atoms with Gasteiger partial charge in [-0.2, -0.15) is 0 Å². The number of esters is 1. The molecule has 0 spiro atoms. The van der Waals surface area contributed by atoms with Crippen LogP contribution < -0.4 is 5.32 Å². The molecular formula is C24H23NO3. The second-order valence-electron chi connectivity index (χ2n) is 6.57. The van der Waals surface area contributed by atoms with E-state index in [1.54, 1.807) is 19.1 Å². The smallest absolute Gasteiger partial charge is 0.307 e. The van der Waals surface area contributed by atoms with Crippen molar-refractivity contribution in [3.05, 3.63) is 102 Å². The summed E-state index contributed by atoms with van der Waals surface area (Å²) in [5.74, 6) is -0.886. The third-order valence-electron chi connectivity index (χ3n) is 4.49. The first kappa shape index (κ1) is 19.4. The van der Waals surface area contributed by atoms with E-state index in [4.69, 9.17) is 4.74 Å². The molecule has 142 valence electrons. The number of hydrogen-bond donors (Lipinski definition) is 1. The molecule has 0 aliphatic carbocycles. The van der Waals surface area contributed by atoms with Crippen molar-refractivity contribution in [2.45, 2.75) is 25.4 Å². The molecule has 4 heteroatoms. The second kappa shape index (κ2) is 9.51. The maximum absolute atomic E-state index is 12.6. The fraction of sp³-hybridized carbons (Fsp3) is 0.167. The topological polar surface area (TPSA) is 55.4 Å². The van der Waals surface area contributed by atoms with Crippen molar-refractivity contribution >= 4 is 17.6 Å². The van der Waals surface area contributed by atoms with Gasteiger partial charge in [0.2, 0.25) is 0 Å². The minimum absolute atomic E-state index is 0.126. The first-order chi connectivity index (χ1) is 13.6. The average Bonchev–Trinajstić information content (AvgIpc) is 2.74. The maximum atomic E-state index is 12.6. The Kier molecular flexibility index (Phi) is 6.58. The molecule has 3 aromatic carbocycles. The summed E-state index contributed by atoms with van der Waals surface area (Å²) in [6.45, 7) is 1.58. The second-order valence-corrected chi connectivity index (χ2v) is 6.57. The molecule has 0 aromatic heterocycles. The van der Waals surface area contributed by atoms with Gasteiger partial charge in [0.05, 0.1) is 6.42 Å². The Bertz CT molecular complexity index is 855. The fourth-order valence-electron chi connectivity index (χ4n) is 3.03. The van der Waals surface area contributed by atoms with Crippen molar-refractivity contribution in [3.63, 3.8) is 0 Å². The number of amides is 1. The number of ether oxygens (including phenoxy) is 1. The average molecular weight is 373 g/mol. The van der Waals surface area contributed by atoms with Gasteiger partial charge in [-0.05, 0) is 30.2 Å². The lowest BCUT2D eigenvalue weighted by atomic mass is 9.88. The molecule has 4 nitrogen and oxygen atoms in total. The van der Waals surface area contributed by atoms with E-state index in [9.17, 15) is 9.59 Å². The number of benzene rings is 3. The quantitative estimate of drug-likeness (QED) is 0.607. The Morgan fingerprint density at radius 3 is 1.75 bits per heavy atom. The van der Waals surface area contributed by atoms with Gasteiger partial charge in [0.1, 0.15) is 0 Å². The molecular weight excluding hydrogens is 350 g/mol. The minimum Gasteiger partial charge on any atom is -0.453 e. The monoisotopic (exact) mass is 373 g/mol. The van der Waals surface area contributed by atoms with Crippen molar-refractivity contribution < 1.29 is 14.3 Å². The number of hydrogen-bond acceptors (Lipinski definition) is 3. The van der Waals surface area contributed by atoms with Gasteiger partial charge in [0.25, 0.3) is 5.91 Å². The maximum Gasteiger partial charge on any atom is 0.307 e. The molecule has 0 aliphatic heterocycles. The van der Waals surface area contributed by atoms with Crippen LogP contribution in [0.4, 0.5) is 5.69 Å². The van der Waals surface area contributed by atoms with E-state index in [1.165, 1.54) is 0 Å². The van der Waals surface area contributed by atoms with Crippen LogP contribution in [0.5, 0.6) is 0 Å². The Hall–Kier alpha value is -3.40. The minimum atomic E-state index is -0.875. The van der Waals surface area contributed by atoms with Crippen molar-refractivity contribution in [2.24, 2.45) is 0 Å². The number of carbonyl (C=O) groups excluding carboxylic acids is 2. The van der Waals surface area contributed by atoms with Crippen molar-refractivity contribution in [3.8, 4) is 0 Å². The molecule has 28 heavy (non-hydrogen) atoms. The van der Waals surface area contributed by atoms with Gasteiger partial charge >= 0.3 is 5.97 Å². The summed E-state index contributed by atoms with van der Waals surface area (Å²) in [6, 6.07) is 28.8. The van der Waals surface area contributed by atoms with Crippen LogP contribution in [0.3, 0.4) is 0 Å². The standard InChI is InChI=1S/C24H23NO3/c1-18(24(27)25-21-15-9-4-10-16-21)28-23(26)17-22(19-11-5-2-6-12-19)20-13-7-3-8-14-20/h2-16,18,22H,17H2,1H3,(H,25,27)/t18-/m1/s1. The first-order valence-corrected chi connectivity index (χ1v) is 9.29. The van der Waals surface area contributed by atoms with Crippen LogP contribution in [0.2, 0.25) is 0 Å². The van der Waals surface area contributed by atoms with E-state index in [1.807, 2.05) is 78.9 Å². The van der Waals surface area contributed by atoms with Crippen LogP contribution in [0.25, 0.3) is 0 Å². The lowest BCUT2D eigenvalue weighted by Crippen LogP contribution is -2.30.